The molecule has 0 saturated carbocycles. The summed E-state index contributed by atoms with van der Waals surface area (Å²) in [5, 5.41) is 14.6. The average Bonchev–Trinajstić information content (AvgIpc) is 3.07. The van der Waals surface area contributed by atoms with Crippen LogP contribution in [0.4, 0.5) is 5.82 Å². The van der Waals surface area contributed by atoms with Crippen LogP contribution in [-0.2, 0) is 7.05 Å². The van der Waals surface area contributed by atoms with Crippen LogP contribution in [0.1, 0.15) is 19.0 Å². The smallest absolute Gasteiger partial charge is 0.165 e. The molecular formula is C20H26N6O. The lowest BCUT2D eigenvalue weighted by Gasteiger charge is -2.22. The maximum atomic E-state index is 10.4. The molecule has 1 aromatic carbocycles. The van der Waals surface area contributed by atoms with E-state index in [0.717, 1.165) is 29.1 Å². The Balaban J connectivity index is 2.01. The van der Waals surface area contributed by atoms with Gasteiger partial charge in [-0.2, -0.15) is 5.10 Å². The van der Waals surface area contributed by atoms with E-state index in [-0.39, 0.29) is 11.8 Å². The van der Waals surface area contributed by atoms with Crippen molar-refractivity contribution in [3.8, 4) is 28.3 Å². The highest BCUT2D eigenvalue weighted by Gasteiger charge is 2.14. The zero-order chi connectivity index (χ0) is 19.6. The first-order valence-electron chi connectivity index (χ1n) is 9.02. The van der Waals surface area contributed by atoms with Gasteiger partial charge in [-0.1, -0.05) is 13.0 Å². The number of benzene rings is 1. The highest BCUT2D eigenvalue weighted by Crippen LogP contribution is 2.32. The van der Waals surface area contributed by atoms with Crippen LogP contribution in [0.3, 0.4) is 0 Å². The number of nitrogens with two attached hydrogens (primary N) is 1. The molecule has 1 atom stereocenters. The molecule has 0 aliphatic rings. The summed E-state index contributed by atoms with van der Waals surface area (Å²) in [4.78, 5) is 11.2. The molecule has 2 heterocycles. The summed E-state index contributed by atoms with van der Waals surface area (Å²) in [5.41, 5.74) is 9.42. The van der Waals surface area contributed by atoms with Crippen LogP contribution in [0.5, 0.6) is 5.75 Å². The van der Waals surface area contributed by atoms with Crippen molar-refractivity contribution < 1.29 is 5.11 Å². The Morgan fingerprint density at radius 2 is 2.00 bits per heavy atom. The van der Waals surface area contributed by atoms with Gasteiger partial charge in [0.15, 0.2) is 5.82 Å². The molecule has 0 bridgehead atoms. The first kappa shape index (κ1) is 18.8. The molecule has 0 aliphatic heterocycles. The minimum Gasteiger partial charge on any atom is -0.507 e. The van der Waals surface area contributed by atoms with Crippen molar-refractivity contribution in [1.82, 2.24) is 19.7 Å². The largest absolute Gasteiger partial charge is 0.507 e. The van der Waals surface area contributed by atoms with Gasteiger partial charge in [0.05, 0.1) is 11.8 Å². The van der Waals surface area contributed by atoms with Gasteiger partial charge in [0.1, 0.15) is 11.6 Å². The fraction of sp³-hybridized carbons (Fsp3) is 0.350. The number of aromatic hydroxyl groups is 1. The molecule has 3 aromatic rings. The quantitative estimate of drug-likeness (QED) is 0.697. The van der Waals surface area contributed by atoms with Crippen LogP contribution in [0.15, 0.2) is 36.7 Å². The van der Waals surface area contributed by atoms with Crippen molar-refractivity contribution in [3.05, 3.63) is 42.4 Å². The third-order valence-corrected chi connectivity index (χ3v) is 4.54. The van der Waals surface area contributed by atoms with Gasteiger partial charge in [-0.3, -0.25) is 4.68 Å². The highest BCUT2D eigenvalue weighted by molar-refractivity contribution is 5.74. The molecule has 2 aromatic heterocycles. The molecule has 0 aliphatic carbocycles. The number of rotatable bonds is 6. The van der Waals surface area contributed by atoms with Crippen LogP contribution in [0.2, 0.25) is 0 Å². The van der Waals surface area contributed by atoms with E-state index >= 15 is 0 Å². The summed E-state index contributed by atoms with van der Waals surface area (Å²) in [6.45, 7) is 4.69. The summed E-state index contributed by atoms with van der Waals surface area (Å²) >= 11 is 0. The molecule has 0 saturated heterocycles. The van der Waals surface area contributed by atoms with Crippen LogP contribution in [0, 0.1) is 6.92 Å². The summed E-state index contributed by atoms with van der Waals surface area (Å²) in [5.74, 6) is 1.42. The van der Waals surface area contributed by atoms with Crippen molar-refractivity contribution in [3.63, 3.8) is 0 Å². The number of nitrogens with zero attached hydrogens (tertiary/aromatic N) is 5. The molecule has 3 N–H and O–H groups in total. The molecule has 7 heteroatoms. The maximum absolute atomic E-state index is 10.4. The Hall–Kier alpha value is -2.93. The SMILES string of the molecule is CC[C@@H](N)CN(C)c1cc(C)nc(-c2cc(-c3cnn(C)c3)ccc2O)n1. The second kappa shape index (κ2) is 7.75. The monoisotopic (exact) mass is 366 g/mol. The van der Waals surface area contributed by atoms with E-state index in [1.165, 1.54) is 0 Å². The molecule has 27 heavy (non-hydrogen) atoms. The lowest BCUT2D eigenvalue weighted by atomic mass is 10.0. The van der Waals surface area contributed by atoms with Crippen molar-refractivity contribution in [1.29, 1.82) is 0 Å². The standard InChI is InChI=1S/C20H26N6O/c1-5-16(21)12-25(3)19-8-13(2)23-20(24-19)17-9-14(6-7-18(17)27)15-10-22-26(4)11-15/h6-11,16,27H,5,12,21H2,1-4H3/t16-/m1/s1. The Morgan fingerprint density at radius 1 is 1.22 bits per heavy atom. The predicted octanol–water partition coefficient (Wildman–Crippen LogP) is 2.73. The first-order valence-corrected chi connectivity index (χ1v) is 9.02. The second-order valence-corrected chi connectivity index (χ2v) is 6.87. The number of hydrogen-bond acceptors (Lipinski definition) is 6. The van der Waals surface area contributed by atoms with E-state index in [1.54, 1.807) is 16.9 Å². The van der Waals surface area contributed by atoms with Crippen LogP contribution in [0.25, 0.3) is 22.5 Å². The van der Waals surface area contributed by atoms with Gasteiger partial charge in [0.25, 0.3) is 0 Å². The van der Waals surface area contributed by atoms with Crippen LogP contribution < -0.4 is 10.6 Å². The molecule has 3 rings (SSSR count). The molecule has 7 nitrogen and oxygen atoms in total. The van der Waals surface area contributed by atoms with E-state index in [9.17, 15) is 5.11 Å². The van der Waals surface area contributed by atoms with Gasteiger partial charge in [-0.25, -0.2) is 9.97 Å². The first-order chi connectivity index (χ1) is 12.9. The Bertz CT molecular complexity index is 936. The second-order valence-electron chi connectivity index (χ2n) is 6.87. The molecule has 0 spiro atoms. The summed E-state index contributed by atoms with van der Waals surface area (Å²) in [7, 11) is 3.84. The Morgan fingerprint density at radius 3 is 2.67 bits per heavy atom. The Labute approximate surface area is 159 Å². The molecule has 142 valence electrons. The van der Waals surface area contributed by atoms with Gasteiger partial charge in [0.2, 0.25) is 0 Å². The lowest BCUT2D eigenvalue weighted by molar-refractivity contribution is 0.477. The number of phenolic OH excluding ortho intramolecular Hbond substituents is 1. The van der Waals surface area contributed by atoms with E-state index in [0.29, 0.717) is 17.9 Å². The molecule has 0 radical (unpaired) electrons. The minimum atomic E-state index is 0.0797. The minimum absolute atomic E-state index is 0.0797. The fourth-order valence-electron chi connectivity index (χ4n) is 2.91. The average molecular weight is 366 g/mol. The van der Waals surface area contributed by atoms with Gasteiger partial charge < -0.3 is 15.7 Å². The lowest BCUT2D eigenvalue weighted by Crippen LogP contribution is -2.35. The van der Waals surface area contributed by atoms with Crippen molar-refractivity contribution in [2.24, 2.45) is 12.8 Å². The van der Waals surface area contributed by atoms with Crippen molar-refractivity contribution in [2.45, 2.75) is 26.3 Å². The van der Waals surface area contributed by atoms with Crippen LogP contribution in [-0.4, -0.2) is 44.5 Å². The van der Waals surface area contributed by atoms with Gasteiger partial charge >= 0.3 is 0 Å². The number of phenols is 1. The van der Waals surface area contributed by atoms with Gasteiger partial charge in [-0.15, -0.1) is 0 Å². The number of hydrogen-bond donors (Lipinski definition) is 2. The number of aryl methyl sites for hydroxylation is 2. The topological polar surface area (TPSA) is 93.1 Å². The summed E-state index contributed by atoms with van der Waals surface area (Å²) < 4.78 is 1.75. The summed E-state index contributed by atoms with van der Waals surface area (Å²) in [6.07, 6.45) is 4.62. The number of likely N-dealkylation sites (N-methyl/N-ethyl adjacent to an activating group) is 1. The van der Waals surface area contributed by atoms with E-state index in [4.69, 9.17) is 5.73 Å². The predicted molar refractivity (Wildman–Crippen MR) is 108 cm³/mol. The number of anilines is 1. The zero-order valence-electron chi connectivity index (χ0n) is 16.2. The van der Waals surface area contributed by atoms with E-state index in [2.05, 4.69) is 22.0 Å². The number of aromatic nitrogens is 4. The zero-order valence-corrected chi connectivity index (χ0v) is 16.2. The summed E-state index contributed by atoms with van der Waals surface area (Å²) in [6, 6.07) is 7.42. The Kier molecular flexibility index (Phi) is 5.41. The normalized spacial score (nSPS) is 12.2. The van der Waals surface area contributed by atoms with E-state index < -0.39 is 0 Å². The fourth-order valence-corrected chi connectivity index (χ4v) is 2.91. The molecule has 0 amide bonds. The molecule has 0 fully saturated rings. The third kappa shape index (κ3) is 4.25. The van der Waals surface area contributed by atoms with Crippen LogP contribution >= 0.6 is 0 Å². The van der Waals surface area contributed by atoms with E-state index in [1.807, 2.05) is 50.3 Å². The van der Waals surface area contributed by atoms with Crippen molar-refractivity contribution in [2.75, 3.05) is 18.5 Å². The molecular weight excluding hydrogens is 340 g/mol. The van der Waals surface area contributed by atoms with Gasteiger partial charge in [-0.05, 0) is 31.0 Å². The highest BCUT2D eigenvalue weighted by atomic mass is 16.3. The van der Waals surface area contributed by atoms with Gasteiger partial charge in [0, 0.05) is 50.2 Å². The van der Waals surface area contributed by atoms with Crippen molar-refractivity contribution >= 4 is 5.82 Å². The third-order valence-electron chi connectivity index (χ3n) is 4.54. The maximum Gasteiger partial charge on any atom is 0.165 e. The molecule has 0 unspecified atom stereocenters.